The predicted octanol–water partition coefficient (Wildman–Crippen LogP) is 3.27. The summed E-state index contributed by atoms with van der Waals surface area (Å²) < 4.78 is 1.12. The van der Waals surface area contributed by atoms with Gasteiger partial charge in [0.2, 0.25) is 0 Å². The molecule has 0 atom stereocenters. The van der Waals surface area contributed by atoms with Crippen molar-refractivity contribution in [3.63, 3.8) is 0 Å². The molecule has 1 nitrogen and oxygen atoms in total. The largest absolute Gasteiger partial charge is 0.383 e. The molecule has 1 N–H and O–H groups in total. The molecule has 1 rings (SSSR count). The molecule has 0 spiro atoms. The lowest BCUT2D eigenvalue weighted by Crippen LogP contribution is -2.09. The highest BCUT2D eigenvalue weighted by Gasteiger charge is 1.93. The first kappa shape index (κ1) is 8.60. The zero-order valence-corrected chi connectivity index (χ0v) is 8.35. The number of hydrogen-bond acceptors (Lipinski definition) is 1. The molecule has 0 aliphatic carbocycles. The van der Waals surface area contributed by atoms with Crippen LogP contribution in [0.15, 0.2) is 28.7 Å². The SMILES string of the molecule is CC(C)Nc1ccc(Br)cc1. The number of nitrogens with one attached hydrogen (secondary N) is 1. The molecule has 0 aromatic heterocycles. The molecule has 0 radical (unpaired) electrons. The third-order valence-electron chi connectivity index (χ3n) is 1.30. The average molecular weight is 214 g/mol. The Bertz CT molecular complexity index is 216. The molecule has 0 unspecified atom stereocenters. The zero-order valence-electron chi connectivity index (χ0n) is 6.76. The first-order valence-electron chi connectivity index (χ1n) is 3.70. The molecule has 0 bridgehead atoms. The van der Waals surface area contributed by atoms with Crippen LogP contribution < -0.4 is 5.32 Å². The van der Waals surface area contributed by atoms with E-state index in [0.29, 0.717) is 6.04 Å². The van der Waals surface area contributed by atoms with Gasteiger partial charge in [-0.05, 0) is 38.1 Å². The van der Waals surface area contributed by atoms with E-state index in [-0.39, 0.29) is 0 Å². The predicted molar refractivity (Wildman–Crippen MR) is 52.9 cm³/mol. The molecule has 0 fully saturated rings. The highest BCUT2D eigenvalue weighted by Crippen LogP contribution is 2.14. The van der Waals surface area contributed by atoms with Crippen LogP contribution >= 0.6 is 15.9 Å². The minimum Gasteiger partial charge on any atom is -0.383 e. The van der Waals surface area contributed by atoms with Crippen LogP contribution in [0.1, 0.15) is 13.8 Å². The maximum absolute atomic E-state index is 3.38. The van der Waals surface area contributed by atoms with Crippen LogP contribution in [-0.2, 0) is 0 Å². The van der Waals surface area contributed by atoms with E-state index in [9.17, 15) is 0 Å². The van der Waals surface area contributed by atoms with Crippen molar-refractivity contribution in [2.75, 3.05) is 5.32 Å². The fourth-order valence-corrected chi connectivity index (χ4v) is 1.14. The molecule has 0 aliphatic rings. The molecule has 0 amide bonds. The minimum atomic E-state index is 0.496. The second kappa shape index (κ2) is 3.77. The fourth-order valence-electron chi connectivity index (χ4n) is 0.879. The number of hydrogen-bond donors (Lipinski definition) is 1. The van der Waals surface area contributed by atoms with Gasteiger partial charge in [0.25, 0.3) is 0 Å². The van der Waals surface area contributed by atoms with Gasteiger partial charge in [-0.2, -0.15) is 0 Å². The van der Waals surface area contributed by atoms with Gasteiger partial charge in [0.05, 0.1) is 0 Å². The van der Waals surface area contributed by atoms with Crippen LogP contribution in [0.5, 0.6) is 0 Å². The van der Waals surface area contributed by atoms with E-state index in [1.807, 2.05) is 12.1 Å². The third-order valence-corrected chi connectivity index (χ3v) is 1.83. The first-order valence-corrected chi connectivity index (χ1v) is 4.50. The maximum atomic E-state index is 3.38. The lowest BCUT2D eigenvalue weighted by atomic mass is 10.3. The summed E-state index contributed by atoms with van der Waals surface area (Å²) in [7, 11) is 0. The third kappa shape index (κ3) is 2.93. The topological polar surface area (TPSA) is 12.0 Å². The monoisotopic (exact) mass is 213 g/mol. The van der Waals surface area contributed by atoms with Crippen molar-refractivity contribution < 1.29 is 0 Å². The number of benzene rings is 1. The van der Waals surface area contributed by atoms with Crippen LogP contribution in [0, 0.1) is 0 Å². The second-order valence-corrected chi connectivity index (χ2v) is 3.72. The van der Waals surface area contributed by atoms with E-state index < -0.39 is 0 Å². The van der Waals surface area contributed by atoms with Crippen molar-refractivity contribution in [1.82, 2.24) is 0 Å². The molecule has 60 valence electrons. The van der Waals surface area contributed by atoms with Crippen molar-refractivity contribution in [3.8, 4) is 0 Å². The van der Waals surface area contributed by atoms with Crippen molar-refractivity contribution in [2.24, 2.45) is 0 Å². The Balaban J connectivity index is 2.66. The summed E-state index contributed by atoms with van der Waals surface area (Å²) in [6, 6.07) is 8.68. The van der Waals surface area contributed by atoms with Crippen LogP contribution in [0.25, 0.3) is 0 Å². The Morgan fingerprint density at radius 2 is 1.73 bits per heavy atom. The lowest BCUT2D eigenvalue weighted by Gasteiger charge is -2.08. The lowest BCUT2D eigenvalue weighted by molar-refractivity contribution is 0.900. The van der Waals surface area contributed by atoms with Crippen LogP contribution in [0.4, 0.5) is 5.69 Å². The Kier molecular flexibility index (Phi) is 2.94. The van der Waals surface area contributed by atoms with Crippen LogP contribution in [0.3, 0.4) is 0 Å². The minimum absolute atomic E-state index is 0.496. The molecule has 0 heterocycles. The molecule has 2 heteroatoms. The standard InChI is InChI=1S/C9H12BrN/c1-7(2)11-9-5-3-8(10)4-6-9/h3-7,11H,1-2H3. The molecule has 0 saturated heterocycles. The van der Waals surface area contributed by atoms with Gasteiger partial charge in [-0.1, -0.05) is 15.9 Å². The Morgan fingerprint density at radius 1 is 1.18 bits per heavy atom. The van der Waals surface area contributed by atoms with Crippen LogP contribution in [-0.4, -0.2) is 6.04 Å². The van der Waals surface area contributed by atoms with Gasteiger partial charge >= 0.3 is 0 Å². The highest BCUT2D eigenvalue weighted by atomic mass is 79.9. The molecular weight excluding hydrogens is 202 g/mol. The second-order valence-electron chi connectivity index (χ2n) is 2.81. The normalized spacial score (nSPS) is 10.2. The summed E-state index contributed by atoms with van der Waals surface area (Å²) in [4.78, 5) is 0. The Labute approximate surface area is 75.9 Å². The van der Waals surface area contributed by atoms with Gasteiger partial charge < -0.3 is 5.32 Å². The number of halogens is 1. The molecule has 1 aromatic rings. The smallest absolute Gasteiger partial charge is 0.0342 e. The van der Waals surface area contributed by atoms with Crippen molar-refractivity contribution in [2.45, 2.75) is 19.9 Å². The highest BCUT2D eigenvalue weighted by molar-refractivity contribution is 9.10. The first-order chi connectivity index (χ1) is 5.18. The van der Waals surface area contributed by atoms with E-state index in [4.69, 9.17) is 0 Å². The fraction of sp³-hybridized carbons (Fsp3) is 0.333. The van der Waals surface area contributed by atoms with Gasteiger partial charge in [0, 0.05) is 16.2 Å². The Hall–Kier alpha value is -0.500. The number of anilines is 1. The molecular formula is C9H12BrN. The van der Waals surface area contributed by atoms with Gasteiger partial charge in [-0.15, -0.1) is 0 Å². The molecule has 1 aromatic carbocycles. The maximum Gasteiger partial charge on any atom is 0.0342 e. The molecule has 0 saturated carbocycles. The van der Waals surface area contributed by atoms with Gasteiger partial charge in [0.15, 0.2) is 0 Å². The summed E-state index contributed by atoms with van der Waals surface area (Å²) in [5, 5.41) is 3.31. The van der Waals surface area contributed by atoms with Crippen molar-refractivity contribution >= 4 is 21.6 Å². The van der Waals surface area contributed by atoms with Gasteiger partial charge in [-0.25, -0.2) is 0 Å². The molecule has 11 heavy (non-hydrogen) atoms. The zero-order chi connectivity index (χ0) is 8.27. The summed E-state index contributed by atoms with van der Waals surface area (Å²) in [5.74, 6) is 0. The van der Waals surface area contributed by atoms with Gasteiger partial charge in [-0.3, -0.25) is 0 Å². The van der Waals surface area contributed by atoms with E-state index in [1.54, 1.807) is 0 Å². The van der Waals surface area contributed by atoms with E-state index in [1.165, 1.54) is 5.69 Å². The number of rotatable bonds is 2. The van der Waals surface area contributed by atoms with E-state index >= 15 is 0 Å². The summed E-state index contributed by atoms with van der Waals surface area (Å²) >= 11 is 3.38. The van der Waals surface area contributed by atoms with Crippen molar-refractivity contribution in [3.05, 3.63) is 28.7 Å². The quantitative estimate of drug-likeness (QED) is 0.796. The van der Waals surface area contributed by atoms with Crippen molar-refractivity contribution in [1.29, 1.82) is 0 Å². The van der Waals surface area contributed by atoms with E-state index in [2.05, 4.69) is 47.2 Å². The van der Waals surface area contributed by atoms with E-state index in [0.717, 1.165) is 4.47 Å². The van der Waals surface area contributed by atoms with Crippen LogP contribution in [0.2, 0.25) is 0 Å². The average Bonchev–Trinajstić information content (AvgIpc) is 1.93. The summed E-state index contributed by atoms with van der Waals surface area (Å²) in [5.41, 5.74) is 1.17. The summed E-state index contributed by atoms with van der Waals surface area (Å²) in [6.45, 7) is 4.25. The summed E-state index contributed by atoms with van der Waals surface area (Å²) in [6.07, 6.45) is 0. The molecule has 0 aliphatic heterocycles. The Morgan fingerprint density at radius 3 is 2.18 bits per heavy atom. The van der Waals surface area contributed by atoms with Gasteiger partial charge in [0.1, 0.15) is 0 Å².